The third-order valence-electron chi connectivity index (χ3n) is 3.69. The van der Waals surface area contributed by atoms with Crippen molar-refractivity contribution in [3.63, 3.8) is 0 Å². The Bertz CT molecular complexity index is 459. The van der Waals surface area contributed by atoms with Crippen LogP contribution in [0.15, 0.2) is 24.3 Å². The Kier molecular flexibility index (Phi) is 5.01. The van der Waals surface area contributed by atoms with Crippen molar-refractivity contribution >= 4 is 11.7 Å². The lowest BCUT2D eigenvalue weighted by Gasteiger charge is -2.24. The Morgan fingerprint density at radius 1 is 1.40 bits per heavy atom. The van der Waals surface area contributed by atoms with Crippen molar-refractivity contribution in [2.75, 3.05) is 24.7 Å². The number of aliphatic carboxylic acids is 1. The summed E-state index contributed by atoms with van der Waals surface area (Å²) in [5.41, 5.74) is 2.15. The van der Waals surface area contributed by atoms with E-state index in [-0.39, 0.29) is 0 Å². The topological polar surface area (TPSA) is 49.8 Å². The highest BCUT2D eigenvalue weighted by Gasteiger charge is 2.33. The summed E-state index contributed by atoms with van der Waals surface area (Å²) in [4.78, 5) is 13.3. The van der Waals surface area contributed by atoms with Gasteiger partial charge in [-0.15, -0.1) is 0 Å². The molecule has 0 bridgehead atoms. The van der Waals surface area contributed by atoms with Crippen LogP contribution in [0, 0.1) is 5.92 Å². The summed E-state index contributed by atoms with van der Waals surface area (Å²) < 4.78 is 5.61. The number of benzene rings is 1. The fourth-order valence-corrected chi connectivity index (χ4v) is 2.53. The van der Waals surface area contributed by atoms with Gasteiger partial charge in [-0.25, -0.2) is 4.79 Å². The molecule has 1 aliphatic rings. The number of para-hydroxylation sites is 1. The third kappa shape index (κ3) is 3.51. The van der Waals surface area contributed by atoms with Gasteiger partial charge >= 0.3 is 5.97 Å². The number of nitrogens with zero attached hydrogens (tertiary/aromatic N) is 1. The summed E-state index contributed by atoms with van der Waals surface area (Å²) in [6, 6.07) is 7.45. The Morgan fingerprint density at radius 2 is 2.15 bits per heavy atom. The van der Waals surface area contributed by atoms with Crippen LogP contribution < -0.4 is 4.90 Å². The van der Waals surface area contributed by atoms with Crippen LogP contribution in [-0.2, 0) is 16.0 Å². The van der Waals surface area contributed by atoms with E-state index >= 15 is 0 Å². The monoisotopic (exact) mass is 277 g/mol. The summed E-state index contributed by atoms with van der Waals surface area (Å²) in [5, 5.41) is 9.35. The van der Waals surface area contributed by atoms with E-state index in [1.54, 1.807) is 0 Å². The molecule has 20 heavy (non-hydrogen) atoms. The van der Waals surface area contributed by atoms with Crippen LogP contribution in [-0.4, -0.2) is 36.9 Å². The average Bonchev–Trinajstić information content (AvgIpc) is 2.77. The second kappa shape index (κ2) is 6.75. The molecule has 1 atom stereocenters. The van der Waals surface area contributed by atoms with Gasteiger partial charge in [0.2, 0.25) is 0 Å². The molecule has 1 N–H and O–H groups in total. The smallest absolute Gasteiger partial charge is 0.326 e. The van der Waals surface area contributed by atoms with E-state index in [0.717, 1.165) is 24.3 Å². The summed E-state index contributed by atoms with van der Waals surface area (Å²) in [5.74, 6) is -0.127. The van der Waals surface area contributed by atoms with E-state index in [1.165, 1.54) is 0 Å². The normalized spacial score (nSPS) is 17.6. The number of carboxylic acids is 1. The van der Waals surface area contributed by atoms with Gasteiger partial charge in [0.25, 0.3) is 0 Å². The number of ether oxygens (including phenoxy) is 1. The summed E-state index contributed by atoms with van der Waals surface area (Å²) in [7, 11) is 0. The molecule has 4 heteroatoms. The maximum Gasteiger partial charge on any atom is 0.326 e. The minimum absolute atomic E-state index is 0.457. The van der Waals surface area contributed by atoms with E-state index in [1.807, 2.05) is 29.2 Å². The molecule has 0 spiro atoms. The predicted molar refractivity (Wildman–Crippen MR) is 79.2 cm³/mol. The van der Waals surface area contributed by atoms with Gasteiger partial charge in [0.05, 0.1) is 6.61 Å². The fourth-order valence-electron chi connectivity index (χ4n) is 2.53. The Balaban J connectivity index is 1.92. The SMILES string of the molecule is CC(C)CCOCCN1c2ccccc2CC1C(=O)O. The van der Waals surface area contributed by atoms with Crippen molar-refractivity contribution in [3.05, 3.63) is 29.8 Å². The first-order valence-electron chi connectivity index (χ1n) is 7.24. The molecule has 0 fully saturated rings. The van der Waals surface area contributed by atoms with Crippen molar-refractivity contribution < 1.29 is 14.6 Å². The zero-order chi connectivity index (χ0) is 14.5. The molecule has 0 saturated heterocycles. The Morgan fingerprint density at radius 3 is 2.85 bits per heavy atom. The van der Waals surface area contributed by atoms with Crippen LogP contribution in [0.5, 0.6) is 0 Å². The van der Waals surface area contributed by atoms with Crippen molar-refractivity contribution in [1.29, 1.82) is 0 Å². The lowest BCUT2D eigenvalue weighted by molar-refractivity contribution is -0.138. The summed E-state index contributed by atoms with van der Waals surface area (Å²) in [6.45, 7) is 6.28. The standard InChI is InChI=1S/C16H23NO3/c1-12(2)7-9-20-10-8-17-14-6-4-3-5-13(14)11-15(17)16(18)19/h3-6,12,15H,7-11H2,1-2H3,(H,18,19). The van der Waals surface area contributed by atoms with Crippen LogP contribution in [0.2, 0.25) is 0 Å². The highest BCUT2D eigenvalue weighted by atomic mass is 16.5. The minimum Gasteiger partial charge on any atom is -0.480 e. The van der Waals surface area contributed by atoms with Gasteiger partial charge in [0.1, 0.15) is 6.04 Å². The quantitative estimate of drug-likeness (QED) is 0.778. The molecule has 110 valence electrons. The second-order valence-electron chi connectivity index (χ2n) is 5.68. The van der Waals surface area contributed by atoms with Crippen molar-refractivity contribution in [1.82, 2.24) is 0 Å². The number of rotatable bonds is 7. The summed E-state index contributed by atoms with van der Waals surface area (Å²) >= 11 is 0. The molecule has 1 unspecified atom stereocenters. The third-order valence-corrected chi connectivity index (χ3v) is 3.69. The molecular weight excluding hydrogens is 254 g/mol. The first-order chi connectivity index (χ1) is 9.59. The van der Waals surface area contributed by atoms with Gasteiger partial charge in [0, 0.05) is 25.3 Å². The minimum atomic E-state index is -0.761. The van der Waals surface area contributed by atoms with Crippen molar-refractivity contribution in [3.8, 4) is 0 Å². The van der Waals surface area contributed by atoms with Gasteiger partial charge in [0.15, 0.2) is 0 Å². The molecule has 1 aromatic rings. The molecule has 4 nitrogen and oxygen atoms in total. The molecule has 1 aromatic carbocycles. The molecule has 2 rings (SSSR count). The zero-order valence-corrected chi connectivity index (χ0v) is 12.2. The first kappa shape index (κ1) is 14.9. The molecule has 0 aromatic heterocycles. The van der Waals surface area contributed by atoms with Crippen LogP contribution in [0.3, 0.4) is 0 Å². The van der Waals surface area contributed by atoms with E-state index < -0.39 is 12.0 Å². The van der Waals surface area contributed by atoms with Gasteiger partial charge in [-0.2, -0.15) is 0 Å². The van der Waals surface area contributed by atoms with Crippen LogP contribution in [0.1, 0.15) is 25.8 Å². The zero-order valence-electron chi connectivity index (χ0n) is 12.2. The number of carbonyl (C=O) groups is 1. The number of hydrogen-bond donors (Lipinski definition) is 1. The fraction of sp³-hybridized carbons (Fsp3) is 0.562. The number of hydrogen-bond acceptors (Lipinski definition) is 3. The molecular formula is C16H23NO3. The summed E-state index contributed by atoms with van der Waals surface area (Å²) in [6.07, 6.45) is 1.62. The predicted octanol–water partition coefficient (Wildman–Crippen LogP) is 2.57. The van der Waals surface area contributed by atoms with Crippen LogP contribution in [0.25, 0.3) is 0 Å². The first-order valence-corrected chi connectivity index (χ1v) is 7.24. The maximum absolute atomic E-state index is 11.4. The molecule has 0 amide bonds. The maximum atomic E-state index is 11.4. The van der Waals surface area contributed by atoms with Gasteiger partial charge in [-0.3, -0.25) is 0 Å². The van der Waals surface area contributed by atoms with Crippen LogP contribution >= 0.6 is 0 Å². The number of anilines is 1. The van der Waals surface area contributed by atoms with Crippen molar-refractivity contribution in [2.45, 2.75) is 32.7 Å². The average molecular weight is 277 g/mol. The van der Waals surface area contributed by atoms with Gasteiger partial charge in [-0.05, 0) is 24.0 Å². The molecule has 0 saturated carbocycles. The second-order valence-corrected chi connectivity index (χ2v) is 5.68. The van der Waals surface area contributed by atoms with E-state index in [2.05, 4.69) is 13.8 Å². The van der Waals surface area contributed by atoms with Crippen LogP contribution in [0.4, 0.5) is 5.69 Å². The van der Waals surface area contributed by atoms with Gasteiger partial charge < -0.3 is 14.7 Å². The van der Waals surface area contributed by atoms with Crippen molar-refractivity contribution in [2.24, 2.45) is 5.92 Å². The molecule has 1 heterocycles. The molecule has 0 radical (unpaired) electrons. The lowest BCUT2D eigenvalue weighted by atomic mass is 10.1. The van der Waals surface area contributed by atoms with E-state index in [0.29, 0.717) is 25.5 Å². The molecule has 1 aliphatic heterocycles. The number of carboxylic acid groups (broad SMARTS) is 1. The number of fused-ring (bicyclic) bond motifs is 1. The van der Waals surface area contributed by atoms with E-state index in [4.69, 9.17) is 4.74 Å². The van der Waals surface area contributed by atoms with Gasteiger partial charge in [-0.1, -0.05) is 32.0 Å². The largest absolute Gasteiger partial charge is 0.480 e. The lowest BCUT2D eigenvalue weighted by Crippen LogP contribution is -2.40. The van der Waals surface area contributed by atoms with E-state index in [9.17, 15) is 9.90 Å². The Labute approximate surface area is 120 Å². The highest BCUT2D eigenvalue weighted by Crippen LogP contribution is 2.31. The highest BCUT2D eigenvalue weighted by molar-refractivity contribution is 5.82. The molecule has 0 aliphatic carbocycles. The Hall–Kier alpha value is -1.55.